The average molecular weight is 254 g/mol. The van der Waals surface area contributed by atoms with E-state index in [2.05, 4.69) is 0 Å². The van der Waals surface area contributed by atoms with E-state index in [0.29, 0.717) is 12.1 Å². The SMILES string of the molecule is O=Cc1cc(F)ccc1-c1c(F)cc(F)cc1F. The zero-order chi connectivity index (χ0) is 13.3. The minimum absolute atomic E-state index is 0.124. The normalized spacial score (nSPS) is 10.4. The van der Waals surface area contributed by atoms with Gasteiger partial charge >= 0.3 is 0 Å². The summed E-state index contributed by atoms with van der Waals surface area (Å²) in [6.07, 6.45) is 0.278. The third-order valence-corrected chi connectivity index (χ3v) is 2.42. The van der Waals surface area contributed by atoms with Crippen molar-refractivity contribution >= 4 is 6.29 Å². The Bertz CT molecular complexity index is 599. The monoisotopic (exact) mass is 254 g/mol. The average Bonchev–Trinajstić information content (AvgIpc) is 2.29. The fourth-order valence-electron chi connectivity index (χ4n) is 1.66. The molecule has 0 aliphatic rings. The van der Waals surface area contributed by atoms with Gasteiger partial charge in [-0.15, -0.1) is 0 Å². The van der Waals surface area contributed by atoms with E-state index in [1.807, 2.05) is 0 Å². The Balaban J connectivity index is 2.73. The molecule has 0 aliphatic carbocycles. The summed E-state index contributed by atoms with van der Waals surface area (Å²) in [5, 5.41) is 0. The molecule has 0 aliphatic heterocycles. The second-order valence-electron chi connectivity index (χ2n) is 3.59. The Morgan fingerprint density at radius 3 is 2.00 bits per heavy atom. The molecule has 0 saturated heterocycles. The molecule has 2 rings (SSSR count). The first kappa shape index (κ1) is 12.3. The van der Waals surface area contributed by atoms with Gasteiger partial charge in [0.1, 0.15) is 23.3 Å². The van der Waals surface area contributed by atoms with Gasteiger partial charge < -0.3 is 0 Å². The summed E-state index contributed by atoms with van der Waals surface area (Å²) < 4.78 is 52.7. The van der Waals surface area contributed by atoms with E-state index in [0.717, 1.165) is 18.2 Å². The molecular formula is C13H6F4O. The van der Waals surface area contributed by atoms with Crippen LogP contribution in [-0.4, -0.2) is 6.29 Å². The van der Waals surface area contributed by atoms with E-state index in [-0.39, 0.29) is 17.4 Å². The molecule has 0 aromatic heterocycles. The van der Waals surface area contributed by atoms with Gasteiger partial charge in [-0.2, -0.15) is 0 Å². The smallest absolute Gasteiger partial charge is 0.150 e. The first-order chi connectivity index (χ1) is 8.52. The summed E-state index contributed by atoms with van der Waals surface area (Å²) in [7, 11) is 0. The van der Waals surface area contributed by atoms with Crippen LogP contribution in [0.25, 0.3) is 11.1 Å². The molecule has 0 heterocycles. The summed E-state index contributed by atoms with van der Waals surface area (Å²) in [4.78, 5) is 10.8. The number of aldehydes is 1. The molecule has 0 bridgehead atoms. The molecule has 0 saturated carbocycles. The molecular weight excluding hydrogens is 248 g/mol. The molecule has 5 heteroatoms. The topological polar surface area (TPSA) is 17.1 Å². The quantitative estimate of drug-likeness (QED) is 0.589. The van der Waals surface area contributed by atoms with Crippen molar-refractivity contribution in [1.82, 2.24) is 0 Å². The molecule has 0 N–H and O–H groups in total. The summed E-state index contributed by atoms with van der Waals surface area (Å²) in [5.74, 6) is -4.07. The fraction of sp³-hybridized carbons (Fsp3) is 0. The molecule has 0 amide bonds. The van der Waals surface area contributed by atoms with Crippen molar-refractivity contribution in [2.24, 2.45) is 0 Å². The maximum Gasteiger partial charge on any atom is 0.150 e. The van der Waals surface area contributed by atoms with Gasteiger partial charge in [0.2, 0.25) is 0 Å². The van der Waals surface area contributed by atoms with Gasteiger partial charge in [-0.3, -0.25) is 4.79 Å². The highest BCUT2D eigenvalue weighted by Crippen LogP contribution is 2.29. The summed E-state index contributed by atoms with van der Waals surface area (Å²) in [6.45, 7) is 0. The van der Waals surface area contributed by atoms with Crippen molar-refractivity contribution in [1.29, 1.82) is 0 Å². The Morgan fingerprint density at radius 1 is 0.833 bits per heavy atom. The van der Waals surface area contributed by atoms with Crippen molar-refractivity contribution in [2.45, 2.75) is 0 Å². The molecule has 0 atom stereocenters. The van der Waals surface area contributed by atoms with Crippen LogP contribution in [-0.2, 0) is 0 Å². The van der Waals surface area contributed by atoms with Gasteiger partial charge in [0, 0.05) is 17.7 Å². The van der Waals surface area contributed by atoms with Crippen LogP contribution in [0, 0.1) is 23.3 Å². The highest BCUT2D eigenvalue weighted by Gasteiger charge is 2.16. The van der Waals surface area contributed by atoms with Crippen LogP contribution in [0.15, 0.2) is 30.3 Å². The van der Waals surface area contributed by atoms with Crippen LogP contribution in [0.4, 0.5) is 17.6 Å². The highest BCUT2D eigenvalue weighted by molar-refractivity contribution is 5.87. The highest BCUT2D eigenvalue weighted by atomic mass is 19.1. The second kappa shape index (κ2) is 4.60. The van der Waals surface area contributed by atoms with Gasteiger partial charge in [0.25, 0.3) is 0 Å². The molecule has 92 valence electrons. The van der Waals surface area contributed by atoms with Gasteiger partial charge in [-0.05, 0) is 17.7 Å². The summed E-state index contributed by atoms with van der Waals surface area (Å²) >= 11 is 0. The van der Waals surface area contributed by atoms with Crippen molar-refractivity contribution in [3.63, 3.8) is 0 Å². The molecule has 2 aromatic carbocycles. The Morgan fingerprint density at radius 2 is 1.44 bits per heavy atom. The van der Waals surface area contributed by atoms with Crippen LogP contribution in [0.5, 0.6) is 0 Å². The van der Waals surface area contributed by atoms with E-state index in [9.17, 15) is 22.4 Å². The number of carbonyl (C=O) groups excluding carboxylic acids is 1. The minimum Gasteiger partial charge on any atom is -0.298 e. The zero-order valence-electron chi connectivity index (χ0n) is 8.88. The number of carbonyl (C=O) groups is 1. The number of rotatable bonds is 2. The van der Waals surface area contributed by atoms with E-state index < -0.39 is 28.8 Å². The Kier molecular flexibility index (Phi) is 3.14. The third-order valence-electron chi connectivity index (χ3n) is 2.42. The molecule has 0 spiro atoms. The van der Waals surface area contributed by atoms with Crippen molar-refractivity contribution in [3.8, 4) is 11.1 Å². The number of hydrogen-bond acceptors (Lipinski definition) is 1. The van der Waals surface area contributed by atoms with E-state index >= 15 is 0 Å². The van der Waals surface area contributed by atoms with Crippen LogP contribution in [0.2, 0.25) is 0 Å². The first-order valence-corrected chi connectivity index (χ1v) is 4.92. The lowest BCUT2D eigenvalue weighted by atomic mass is 9.99. The largest absolute Gasteiger partial charge is 0.298 e. The first-order valence-electron chi connectivity index (χ1n) is 4.92. The van der Waals surface area contributed by atoms with Gasteiger partial charge in [0.05, 0.1) is 5.56 Å². The van der Waals surface area contributed by atoms with Gasteiger partial charge in [-0.1, -0.05) is 6.07 Å². The predicted octanol–water partition coefficient (Wildman–Crippen LogP) is 3.72. The van der Waals surface area contributed by atoms with Crippen LogP contribution >= 0.6 is 0 Å². The van der Waals surface area contributed by atoms with Gasteiger partial charge in [-0.25, -0.2) is 17.6 Å². The Hall–Kier alpha value is -2.17. The maximum absolute atomic E-state index is 13.5. The summed E-state index contributed by atoms with van der Waals surface area (Å²) in [6, 6.07) is 3.88. The van der Waals surface area contributed by atoms with Crippen molar-refractivity contribution in [3.05, 3.63) is 59.2 Å². The number of benzene rings is 2. The molecule has 1 nitrogen and oxygen atoms in total. The second-order valence-corrected chi connectivity index (χ2v) is 3.59. The predicted molar refractivity (Wildman–Crippen MR) is 57.1 cm³/mol. The number of hydrogen-bond donors (Lipinski definition) is 0. The molecule has 0 fully saturated rings. The number of halogens is 4. The van der Waals surface area contributed by atoms with Gasteiger partial charge in [0.15, 0.2) is 6.29 Å². The zero-order valence-corrected chi connectivity index (χ0v) is 8.88. The van der Waals surface area contributed by atoms with E-state index in [1.165, 1.54) is 0 Å². The third kappa shape index (κ3) is 2.11. The molecule has 2 aromatic rings. The molecule has 0 unspecified atom stereocenters. The minimum atomic E-state index is -1.15. The van der Waals surface area contributed by atoms with E-state index in [4.69, 9.17) is 0 Å². The lowest BCUT2D eigenvalue weighted by Gasteiger charge is -2.08. The molecule has 18 heavy (non-hydrogen) atoms. The van der Waals surface area contributed by atoms with Crippen LogP contribution in [0.3, 0.4) is 0 Å². The standard InChI is InChI=1S/C13H6F4O/c14-8-1-2-10(7(3-8)6-18)13-11(16)4-9(15)5-12(13)17/h1-6H. The van der Waals surface area contributed by atoms with Crippen LogP contribution in [0.1, 0.15) is 10.4 Å². The molecule has 0 radical (unpaired) electrons. The lowest BCUT2D eigenvalue weighted by Crippen LogP contribution is -1.96. The van der Waals surface area contributed by atoms with Crippen molar-refractivity contribution in [2.75, 3.05) is 0 Å². The lowest BCUT2D eigenvalue weighted by molar-refractivity contribution is 0.112. The van der Waals surface area contributed by atoms with Crippen molar-refractivity contribution < 1.29 is 22.4 Å². The fourth-order valence-corrected chi connectivity index (χ4v) is 1.66. The van der Waals surface area contributed by atoms with E-state index in [1.54, 1.807) is 0 Å². The summed E-state index contributed by atoms with van der Waals surface area (Å²) in [5.41, 5.74) is -0.890. The van der Waals surface area contributed by atoms with Crippen LogP contribution < -0.4 is 0 Å². The Labute approximate surface area is 99.7 Å². The maximum atomic E-state index is 13.5.